The first-order chi connectivity index (χ1) is 6.25. The molecule has 0 aliphatic rings. The van der Waals surface area contributed by atoms with Crippen LogP contribution in [0.5, 0.6) is 0 Å². The molecule has 4 nitrogen and oxygen atoms in total. The van der Waals surface area contributed by atoms with Crippen LogP contribution in [0.25, 0.3) is 5.82 Å². The minimum atomic E-state index is 0.755. The molecule has 0 N–H and O–H groups in total. The smallest absolute Gasteiger partial charge is 0.157 e. The summed E-state index contributed by atoms with van der Waals surface area (Å²) in [5.41, 5.74) is 0.967. The minimum absolute atomic E-state index is 0.755. The van der Waals surface area contributed by atoms with Crippen molar-refractivity contribution >= 4 is 15.9 Å². The first kappa shape index (κ1) is 8.37. The fourth-order valence-corrected chi connectivity index (χ4v) is 1.29. The average molecular weight is 239 g/mol. The lowest BCUT2D eigenvalue weighted by Gasteiger charge is -1.98. The Hall–Kier alpha value is -1.23. The topological polar surface area (TPSA) is 43.6 Å². The second-order valence-electron chi connectivity index (χ2n) is 2.60. The molecule has 0 unspecified atom stereocenters. The summed E-state index contributed by atoms with van der Waals surface area (Å²) >= 11 is 3.27. The summed E-state index contributed by atoms with van der Waals surface area (Å²) in [6.45, 7) is 1.94. The first-order valence-electron chi connectivity index (χ1n) is 3.76. The molecular weight excluding hydrogens is 232 g/mol. The number of halogens is 1. The lowest BCUT2D eigenvalue weighted by Crippen LogP contribution is -1.98. The van der Waals surface area contributed by atoms with Crippen molar-refractivity contribution in [1.29, 1.82) is 0 Å². The Balaban J connectivity index is 2.46. The predicted molar refractivity (Wildman–Crippen MR) is 51.6 cm³/mol. The molecule has 0 atom stereocenters. The van der Waals surface area contributed by atoms with Crippen LogP contribution in [0.4, 0.5) is 0 Å². The Morgan fingerprint density at radius 3 is 2.85 bits per heavy atom. The van der Waals surface area contributed by atoms with E-state index in [1.807, 2.05) is 25.3 Å². The molecule has 0 fully saturated rings. The molecule has 2 heterocycles. The van der Waals surface area contributed by atoms with E-state index in [4.69, 9.17) is 0 Å². The van der Waals surface area contributed by atoms with Gasteiger partial charge in [-0.2, -0.15) is 5.10 Å². The number of aromatic nitrogens is 4. The normalized spacial score (nSPS) is 10.3. The molecule has 0 amide bonds. The van der Waals surface area contributed by atoms with Crippen LogP contribution in [0.2, 0.25) is 0 Å². The molecule has 0 aromatic carbocycles. The van der Waals surface area contributed by atoms with Gasteiger partial charge in [0.2, 0.25) is 0 Å². The van der Waals surface area contributed by atoms with Gasteiger partial charge in [0.25, 0.3) is 0 Å². The van der Waals surface area contributed by atoms with E-state index in [-0.39, 0.29) is 0 Å². The second kappa shape index (κ2) is 3.26. The molecule has 66 valence electrons. The average Bonchev–Trinajstić information content (AvgIpc) is 2.52. The highest BCUT2D eigenvalue weighted by Gasteiger charge is 1.99. The van der Waals surface area contributed by atoms with Crippen LogP contribution in [0.15, 0.2) is 29.3 Å². The highest BCUT2D eigenvalue weighted by atomic mass is 79.9. The van der Waals surface area contributed by atoms with Crippen molar-refractivity contribution in [3.63, 3.8) is 0 Å². The van der Waals surface area contributed by atoms with Gasteiger partial charge in [-0.1, -0.05) is 0 Å². The van der Waals surface area contributed by atoms with E-state index in [1.165, 1.54) is 6.33 Å². The van der Waals surface area contributed by atoms with Crippen molar-refractivity contribution in [2.45, 2.75) is 6.92 Å². The van der Waals surface area contributed by atoms with E-state index in [0.29, 0.717) is 0 Å². The Morgan fingerprint density at radius 2 is 2.23 bits per heavy atom. The van der Waals surface area contributed by atoms with Gasteiger partial charge in [0.15, 0.2) is 5.82 Å². The predicted octanol–water partition coefficient (Wildman–Crippen LogP) is 1.73. The minimum Gasteiger partial charge on any atom is -0.229 e. The van der Waals surface area contributed by atoms with Gasteiger partial charge in [0.1, 0.15) is 10.9 Å². The Kier molecular flexibility index (Phi) is 2.10. The molecule has 0 spiro atoms. The number of aryl methyl sites for hydroxylation is 1. The lowest BCUT2D eigenvalue weighted by atomic mass is 10.5. The molecule has 0 radical (unpaired) electrons. The monoisotopic (exact) mass is 238 g/mol. The van der Waals surface area contributed by atoms with Gasteiger partial charge in [-0.25, -0.2) is 14.6 Å². The lowest BCUT2D eigenvalue weighted by molar-refractivity contribution is 0.823. The largest absolute Gasteiger partial charge is 0.229 e. The standard InChI is InChI=1S/C8H7BrN4/c1-6-2-3-13(12-6)8-4-7(9)10-5-11-8/h2-5H,1H3. The SMILES string of the molecule is Cc1ccn(-c2cc(Br)ncn2)n1. The van der Waals surface area contributed by atoms with Crippen LogP contribution in [-0.2, 0) is 0 Å². The van der Waals surface area contributed by atoms with E-state index >= 15 is 0 Å². The van der Waals surface area contributed by atoms with Crippen LogP contribution in [0, 0.1) is 6.92 Å². The van der Waals surface area contributed by atoms with Crippen molar-refractivity contribution in [3.8, 4) is 5.82 Å². The van der Waals surface area contributed by atoms with E-state index in [0.717, 1.165) is 16.1 Å². The molecule has 0 bridgehead atoms. The quantitative estimate of drug-likeness (QED) is 0.712. The van der Waals surface area contributed by atoms with Crippen LogP contribution in [-0.4, -0.2) is 19.7 Å². The molecule has 2 aromatic rings. The zero-order valence-corrected chi connectivity index (χ0v) is 8.56. The van der Waals surface area contributed by atoms with E-state index in [9.17, 15) is 0 Å². The number of hydrogen-bond donors (Lipinski definition) is 0. The Labute approximate surface area is 83.8 Å². The zero-order valence-electron chi connectivity index (χ0n) is 6.98. The molecule has 0 saturated carbocycles. The highest BCUT2D eigenvalue weighted by Crippen LogP contribution is 2.09. The van der Waals surface area contributed by atoms with E-state index < -0.39 is 0 Å². The maximum atomic E-state index is 4.23. The molecule has 0 aliphatic heterocycles. The zero-order chi connectivity index (χ0) is 9.26. The fraction of sp³-hybridized carbons (Fsp3) is 0.125. The highest BCUT2D eigenvalue weighted by molar-refractivity contribution is 9.10. The first-order valence-corrected chi connectivity index (χ1v) is 4.55. The Morgan fingerprint density at radius 1 is 1.38 bits per heavy atom. The third-order valence-electron chi connectivity index (χ3n) is 1.58. The van der Waals surface area contributed by atoms with Gasteiger partial charge in [-0.3, -0.25) is 0 Å². The number of rotatable bonds is 1. The third kappa shape index (κ3) is 1.75. The van der Waals surface area contributed by atoms with Gasteiger partial charge in [-0.15, -0.1) is 0 Å². The van der Waals surface area contributed by atoms with Gasteiger partial charge < -0.3 is 0 Å². The second-order valence-corrected chi connectivity index (χ2v) is 3.41. The maximum absolute atomic E-state index is 4.23. The van der Waals surface area contributed by atoms with Crippen molar-refractivity contribution in [2.75, 3.05) is 0 Å². The molecule has 0 saturated heterocycles. The van der Waals surface area contributed by atoms with Gasteiger partial charge in [0.05, 0.1) is 5.69 Å². The van der Waals surface area contributed by atoms with E-state index in [2.05, 4.69) is 31.0 Å². The van der Waals surface area contributed by atoms with E-state index in [1.54, 1.807) is 4.68 Å². The fourth-order valence-electron chi connectivity index (χ4n) is 0.992. The van der Waals surface area contributed by atoms with Crippen LogP contribution in [0.3, 0.4) is 0 Å². The van der Waals surface area contributed by atoms with Crippen molar-refractivity contribution < 1.29 is 0 Å². The van der Waals surface area contributed by atoms with Crippen LogP contribution < -0.4 is 0 Å². The van der Waals surface area contributed by atoms with Gasteiger partial charge in [-0.05, 0) is 28.9 Å². The van der Waals surface area contributed by atoms with Crippen molar-refractivity contribution in [3.05, 3.63) is 35.0 Å². The molecule has 5 heteroatoms. The van der Waals surface area contributed by atoms with Crippen LogP contribution in [0.1, 0.15) is 5.69 Å². The van der Waals surface area contributed by atoms with Gasteiger partial charge in [0, 0.05) is 12.3 Å². The molecule has 2 aromatic heterocycles. The summed E-state index contributed by atoms with van der Waals surface area (Å²) in [7, 11) is 0. The number of nitrogens with zero attached hydrogens (tertiary/aromatic N) is 4. The van der Waals surface area contributed by atoms with Crippen LogP contribution >= 0.6 is 15.9 Å². The number of hydrogen-bond acceptors (Lipinski definition) is 3. The summed E-state index contributed by atoms with van der Waals surface area (Å²) in [6, 6.07) is 3.74. The van der Waals surface area contributed by atoms with Crippen molar-refractivity contribution in [2.24, 2.45) is 0 Å². The molecule has 13 heavy (non-hydrogen) atoms. The molecule has 2 rings (SSSR count). The summed E-state index contributed by atoms with van der Waals surface area (Å²) < 4.78 is 2.47. The van der Waals surface area contributed by atoms with Gasteiger partial charge >= 0.3 is 0 Å². The summed E-state index contributed by atoms with van der Waals surface area (Å²) in [5.74, 6) is 0.759. The Bertz CT molecular complexity index is 424. The maximum Gasteiger partial charge on any atom is 0.157 e. The molecular formula is C8H7BrN4. The van der Waals surface area contributed by atoms with Crippen molar-refractivity contribution in [1.82, 2.24) is 19.7 Å². The third-order valence-corrected chi connectivity index (χ3v) is 2.01. The molecule has 0 aliphatic carbocycles. The summed E-state index contributed by atoms with van der Waals surface area (Å²) in [6.07, 6.45) is 3.36. The summed E-state index contributed by atoms with van der Waals surface area (Å²) in [4.78, 5) is 8.02. The summed E-state index contributed by atoms with van der Waals surface area (Å²) in [5, 5.41) is 4.23.